The summed E-state index contributed by atoms with van der Waals surface area (Å²) in [4.78, 5) is 3.83. The molecular formula is C9H8F3N3. The number of nitrogens with two attached hydrogens (primary N) is 1. The number of para-hydroxylation sites is 1. The van der Waals surface area contributed by atoms with Crippen LogP contribution in [0.5, 0.6) is 0 Å². The number of rotatable bonds is 0. The van der Waals surface area contributed by atoms with E-state index in [2.05, 4.69) is 4.98 Å². The van der Waals surface area contributed by atoms with Gasteiger partial charge in [-0.1, -0.05) is 6.07 Å². The van der Waals surface area contributed by atoms with Crippen molar-refractivity contribution in [1.82, 2.24) is 9.55 Å². The zero-order valence-corrected chi connectivity index (χ0v) is 7.84. The number of fused-ring (bicyclic) bond motifs is 1. The third-order valence-electron chi connectivity index (χ3n) is 2.23. The number of benzene rings is 1. The minimum atomic E-state index is -4.39. The average Bonchev–Trinajstić information content (AvgIpc) is 2.41. The van der Waals surface area contributed by atoms with Crippen molar-refractivity contribution < 1.29 is 13.2 Å². The molecule has 6 heteroatoms. The predicted molar refractivity (Wildman–Crippen MR) is 50.1 cm³/mol. The van der Waals surface area contributed by atoms with Crippen LogP contribution in [-0.2, 0) is 13.2 Å². The van der Waals surface area contributed by atoms with E-state index in [0.717, 1.165) is 6.07 Å². The highest BCUT2D eigenvalue weighted by Crippen LogP contribution is 2.34. The van der Waals surface area contributed by atoms with Gasteiger partial charge in [0.15, 0.2) is 0 Å². The van der Waals surface area contributed by atoms with Gasteiger partial charge in [0.2, 0.25) is 5.95 Å². The van der Waals surface area contributed by atoms with Crippen LogP contribution in [0.2, 0.25) is 0 Å². The van der Waals surface area contributed by atoms with Gasteiger partial charge >= 0.3 is 6.18 Å². The number of halogens is 3. The summed E-state index contributed by atoms with van der Waals surface area (Å²) in [6.45, 7) is 0. The van der Waals surface area contributed by atoms with E-state index in [1.165, 1.54) is 23.7 Å². The highest BCUT2D eigenvalue weighted by atomic mass is 19.4. The number of hydrogen-bond donors (Lipinski definition) is 1. The van der Waals surface area contributed by atoms with Crippen LogP contribution in [0.1, 0.15) is 5.56 Å². The molecule has 2 N–H and O–H groups in total. The van der Waals surface area contributed by atoms with E-state index in [0.29, 0.717) is 0 Å². The summed E-state index contributed by atoms with van der Waals surface area (Å²) < 4.78 is 39.1. The van der Waals surface area contributed by atoms with Crippen LogP contribution in [0.15, 0.2) is 18.2 Å². The van der Waals surface area contributed by atoms with E-state index < -0.39 is 11.7 Å². The molecule has 1 aromatic heterocycles. The van der Waals surface area contributed by atoms with Gasteiger partial charge in [0, 0.05) is 7.05 Å². The van der Waals surface area contributed by atoms with Gasteiger partial charge in [-0.05, 0) is 12.1 Å². The molecule has 0 radical (unpaired) electrons. The zero-order chi connectivity index (χ0) is 11.2. The Labute approximate surface area is 83.3 Å². The van der Waals surface area contributed by atoms with Gasteiger partial charge < -0.3 is 10.3 Å². The van der Waals surface area contributed by atoms with Crippen molar-refractivity contribution in [3.63, 3.8) is 0 Å². The number of anilines is 1. The standard InChI is InChI=1S/C9H8F3N3/c1-15-7-5(9(10,11)12)3-2-4-6(7)14-8(15)13/h2-4H,1H3,(H2,13,14). The number of hydrogen-bond acceptors (Lipinski definition) is 2. The normalized spacial score (nSPS) is 12.3. The molecule has 0 amide bonds. The Hall–Kier alpha value is -1.72. The second-order valence-electron chi connectivity index (χ2n) is 3.20. The lowest BCUT2D eigenvalue weighted by Crippen LogP contribution is -2.08. The molecule has 0 bridgehead atoms. The molecule has 0 atom stereocenters. The number of alkyl halides is 3. The Morgan fingerprint density at radius 1 is 1.33 bits per heavy atom. The minimum Gasteiger partial charge on any atom is -0.369 e. The smallest absolute Gasteiger partial charge is 0.369 e. The van der Waals surface area contributed by atoms with Crippen LogP contribution in [0.25, 0.3) is 11.0 Å². The van der Waals surface area contributed by atoms with E-state index in [9.17, 15) is 13.2 Å². The van der Waals surface area contributed by atoms with Crippen LogP contribution in [0.4, 0.5) is 19.1 Å². The first-order valence-electron chi connectivity index (χ1n) is 4.19. The van der Waals surface area contributed by atoms with Crippen molar-refractivity contribution in [2.24, 2.45) is 7.05 Å². The van der Waals surface area contributed by atoms with Crippen molar-refractivity contribution in [2.75, 3.05) is 5.73 Å². The average molecular weight is 215 g/mol. The second kappa shape index (κ2) is 2.88. The maximum Gasteiger partial charge on any atom is 0.418 e. The van der Waals surface area contributed by atoms with E-state index in [-0.39, 0.29) is 17.0 Å². The minimum absolute atomic E-state index is 0.0162. The lowest BCUT2D eigenvalue weighted by atomic mass is 10.2. The molecule has 15 heavy (non-hydrogen) atoms. The number of nitrogen functional groups attached to an aromatic ring is 1. The van der Waals surface area contributed by atoms with E-state index >= 15 is 0 Å². The molecule has 0 aliphatic carbocycles. The number of aryl methyl sites for hydroxylation is 1. The van der Waals surface area contributed by atoms with Gasteiger partial charge in [-0.25, -0.2) is 4.98 Å². The number of aromatic nitrogens is 2. The van der Waals surface area contributed by atoms with Crippen molar-refractivity contribution in [1.29, 1.82) is 0 Å². The molecular weight excluding hydrogens is 207 g/mol. The monoisotopic (exact) mass is 215 g/mol. The Morgan fingerprint density at radius 2 is 2.00 bits per heavy atom. The fraction of sp³-hybridized carbons (Fsp3) is 0.222. The maximum absolute atomic E-state index is 12.6. The Bertz CT molecular complexity index is 513. The van der Waals surface area contributed by atoms with Crippen LogP contribution in [0, 0.1) is 0 Å². The van der Waals surface area contributed by atoms with Crippen molar-refractivity contribution in [3.8, 4) is 0 Å². The fourth-order valence-electron chi connectivity index (χ4n) is 1.52. The Balaban J connectivity index is 2.86. The second-order valence-corrected chi connectivity index (χ2v) is 3.20. The van der Waals surface area contributed by atoms with Crippen molar-refractivity contribution in [2.45, 2.75) is 6.18 Å². The summed E-state index contributed by atoms with van der Waals surface area (Å²) in [5.41, 5.74) is 5.00. The molecule has 0 fully saturated rings. The maximum atomic E-state index is 12.6. The molecule has 80 valence electrons. The van der Waals surface area contributed by atoms with E-state index in [1.807, 2.05) is 0 Å². The molecule has 0 aliphatic rings. The molecule has 2 aromatic rings. The van der Waals surface area contributed by atoms with Crippen LogP contribution < -0.4 is 5.73 Å². The van der Waals surface area contributed by atoms with Gasteiger partial charge in [0.1, 0.15) is 0 Å². The van der Waals surface area contributed by atoms with Crippen LogP contribution in [-0.4, -0.2) is 9.55 Å². The van der Waals surface area contributed by atoms with E-state index in [4.69, 9.17) is 5.73 Å². The summed E-state index contributed by atoms with van der Waals surface area (Å²) in [6.07, 6.45) is -4.39. The highest BCUT2D eigenvalue weighted by Gasteiger charge is 2.34. The molecule has 0 saturated carbocycles. The first-order valence-corrected chi connectivity index (χ1v) is 4.19. The quantitative estimate of drug-likeness (QED) is 0.731. The molecule has 0 saturated heterocycles. The first kappa shape index (κ1) is 9.82. The topological polar surface area (TPSA) is 43.8 Å². The van der Waals surface area contributed by atoms with Crippen molar-refractivity contribution >= 4 is 17.0 Å². The molecule has 0 spiro atoms. The predicted octanol–water partition coefficient (Wildman–Crippen LogP) is 2.17. The molecule has 0 unspecified atom stereocenters. The summed E-state index contributed by atoms with van der Waals surface area (Å²) in [5.74, 6) is 0.0710. The molecule has 0 aliphatic heterocycles. The molecule has 1 aromatic carbocycles. The first-order chi connectivity index (χ1) is 6.91. The molecule has 1 heterocycles. The largest absolute Gasteiger partial charge is 0.418 e. The summed E-state index contributed by atoms with van der Waals surface area (Å²) in [5, 5.41) is 0. The third kappa shape index (κ3) is 1.42. The zero-order valence-electron chi connectivity index (χ0n) is 7.84. The third-order valence-corrected chi connectivity index (χ3v) is 2.23. The highest BCUT2D eigenvalue weighted by molar-refractivity contribution is 5.82. The summed E-state index contributed by atoms with van der Waals surface area (Å²) in [7, 11) is 1.46. The fourth-order valence-corrected chi connectivity index (χ4v) is 1.52. The lowest BCUT2D eigenvalue weighted by molar-refractivity contribution is -0.136. The SMILES string of the molecule is Cn1c(N)nc2cccc(C(F)(F)F)c21. The van der Waals surface area contributed by atoms with Gasteiger partial charge in [0.05, 0.1) is 16.6 Å². The van der Waals surface area contributed by atoms with E-state index in [1.54, 1.807) is 0 Å². The molecule has 2 rings (SSSR count). The Morgan fingerprint density at radius 3 is 2.60 bits per heavy atom. The van der Waals surface area contributed by atoms with Gasteiger partial charge in [-0.15, -0.1) is 0 Å². The Kier molecular flexibility index (Phi) is 1.89. The summed E-state index contributed by atoms with van der Waals surface area (Å²) >= 11 is 0. The number of nitrogens with zero attached hydrogens (tertiary/aromatic N) is 2. The van der Waals surface area contributed by atoms with Crippen LogP contribution >= 0.6 is 0 Å². The van der Waals surface area contributed by atoms with Gasteiger partial charge in [-0.2, -0.15) is 13.2 Å². The molecule has 3 nitrogen and oxygen atoms in total. The van der Waals surface area contributed by atoms with Crippen LogP contribution in [0.3, 0.4) is 0 Å². The number of imidazole rings is 1. The summed E-state index contributed by atoms with van der Waals surface area (Å²) in [6, 6.07) is 3.84. The lowest BCUT2D eigenvalue weighted by Gasteiger charge is -2.08. The van der Waals surface area contributed by atoms with Gasteiger partial charge in [0.25, 0.3) is 0 Å². The van der Waals surface area contributed by atoms with Crippen molar-refractivity contribution in [3.05, 3.63) is 23.8 Å². The van der Waals surface area contributed by atoms with Gasteiger partial charge in [-0.3, -0.25) is 0 Å².